The molecule has 0 bridgehead atoms. The van der Waals surface area contributed by atoms with E-state index in [0.29, 0.717) is 11.8 Å². The largest absolute Gasteiger partial charge is 0.303 e. The van der Waals surface area contributed by atoms with E-state index < -0.39 is 0 Å². The quantitative estimate of drug-likeness (QED) is 0.623. The first-order chi connectivity index (χ1) is 6.04. The van der Waals surface area contributed by atoms with E-state index in [-0.39, 0.29) is 0 Å². The SMILES string of the molecule is CC(C)(C)C1CN(CCCC#N)C1. The van der Waals surface area contributed by atoms with Gasteiger partial charge in [0.2, 0.25) is 0 Å². The van der Waals surface area contributed by atoms with E-state index in [0.717, 1.165) is 18.9 Å². The van der Waals surface area contributed by atoms with E-state index >= 15 is 0 Å². The van der Waals surface area contributed by atoms with E-state index in [2.05, 4.69) is 31.7 Å². The molecule has 0 unspecified atom stereocenters. The summed E-state index contributed by atoms with van der Waals surface area (Å²) in [5.41, 5.74) is 0.464. The maximum atomic E-state index is 8.38. The molecule has 0 amide bonds. The van der Waals surface area contributed by atoms with Crippen LogP contribution in [0.5, 0.6) is 0 Å². The van der Waals surface area contributed by atoms with Gasteiger partial charge < -0.3 is 4.90 Å². The Bertz CT molecular complexity index is 191. The van der Waals surface area contributed by atoms with E-state index in [4.69, 9.17) is 5.26 Å². The summed E-state index contributed by atoms with van der Waals surface area (Å²) < 4.78 is 0. The highest BCUT2D eigenvalue weighted by Crippen LogP contribution is 2.33. The maximum Gasteiger partial charge on any atom is 0.0622 e. The highest BCUT2D eigenvalue weighted by molar-refractivity contribution is 4.88. The molecular weight excluding hydrogens is 160 g/mol. The summed E-state index contributed by atoms with van der Waals surface area (Å²) in [5, 5.41) is 8.38. The molecule has 0 atom stereocenters. The molecule has 0 N–H and O–H groups in total. The minimum absolute atomic E-state index is 0.464. The van der Waals surface area contributed by atoms with Crippen LogP contribution in [0, 0.1) is 22.7 Å². The molecule has 0 aromatic rings. The normalized spacial score (nSPS) is 19.5. The summed E-state index contributed by atoms with van der Waals surface area (Å²) in [6.45, 7) is 10.5. The Balaban J connectivity index is 2.09. The van der Waals surface area contributed by atoms with Gasteiger partial charge in [-0.1, -0.05) is 20.8 Å². The van der Waals surface area contributed by atoms with Crippen molar-refractivity contribution in [1.82, 2.24) is 4.90 Å². The third-order valence-electron chi connectivity index (χ3n) is 2.94. The fourth-order valence-corrected chi connectivity index (χ4v) is 1.68. The molecule has 2 heteroatoms. The molecule has 1 rings (SSSR count). The molecule has 1 fully saturated rings. The smallest absolute Gasteiger partial charge is 0.0622 e. The third-order valence-corrected chi connectivity index (χ3v) is 2.94. The van der Waals surface area contributed by atoms with E-state index in [1.165, 1.54) is 13.1 Å². The topological polar surface area (TPSA) is 27.0 Å². The predicted octanol–water partition coefficient (Wildman–Crippen LogP) is 2.27. The lowest BCUT2D eigenvalue weighted by Crippen LogP contribution is -2.52. The molecule has 0 saturated carbocycles. The van der Waals surface area contributed by atoms with Gasteiger partial charge in [0, 0.05) is 19.5 Å². The van der Waals surface area contributed by atoms with Crippen LogP contribution in [0.1, 0.15) is 33.6 Å². The molecule has 0 aromatic heterocycles. The van der Waals surface area contributed by atoms with Crippen molar-refractivity contribution >= 4 is 0 Å². The average Bonchev–Trinajstić information content (AvgIpc) is 1.91. The van der Waals surface area contributed by atoms with Crippen LogP contribution in [0.15, 0.2) is 0 Å². The van der Waals surface area contributed by atoms with Gasteiger partial charge in [0.15, 0.2) is 0 Å². The summed E-state index contributed by atoms with van der Waals surface area (Å²) in [7, 11) is 0. The van der Waals surface area contributed by atoms with Crippen LogP contribution in [0.4, 0.5) is 0 Å². The second-order valence-electron chi connectivity index (χ2n) is 5.08. The molecule has 1 aliphatic rings. The summed E-state index contributed by atoms with van der Waals surface area (Å²) in [6.07, 6.45) is 1.74. The average molecular weight is 180 g/mol. The second-order valence-corrected chi connectivity index (χ2v) is 5.08. The van der Waals surface area contributed by atoms with Crippen LogP contribution < -0.4 is 0 Å². The number of hydrogen-bond acceptors (Lipinski definition) is 2. The monoisotopic (exact) mass is 180 g/mol. The van der Waals surface area contributed by atoms with Crippen molar-refractivity contribution in [2.45, 2.75) is 33.6 Å². The molecule has 0 aromatic carbocycles. The number of rotatable bonds is 3. The number of nitrogens with zero attached hydrogens (tertiary/aromatic N) is 2. The summed E-state index contributed by atoms with van der Waals surface area (Å²) in [5.74, 6) is 0.856. The molecule has 74 valence electrons. The van der Waals surface area contributed by atoms with Crippen molar-refractivity contribution < 1.29 is 0 Å². The number of unbranched alkanes of at least 4 members (excludes halogenated alkanes) is 1. The fraction of sp³-hybridized carbons (Fsp3) is 0.909. The first-order valence-electron chi connectivity index (χ1n) is 5.13. The molecule has 1 heterocycles. The Kier molecular flexibility index (Phi) is 3.33. The van der Waals surface area contributed by atoms with Gasteiger partial charge in [0.05, 0.1) is 6.07 Å². The molecule has 1 saturated heterocycles. The lowest BCUT2D eigenvalue weighted by Gasteiger charge is -2.46. The van der Waals surface area contributed by atoms with Gasteiger partial charge in [-0.15, -0.1) is 0 Å². The van der Waals surface area contributed by atoms with Crippen molar-refractivity contribution in [3.8, 4) is 6.07 Å². The van der Waals surface area contributed by atoms with Gasteiger partial charge in [-0.25, -0.2) is 0 Å². The molecule has 13 heavy (non-hydrogen) atoms. The predicted molar refractivity (Wildman–Crippen MR) is 54.2 cm³/mol. The van der Waals surface area contributed by atoms with Crippen LogP contribution in [0.3, 0.4) is 0 Å². The first kappa shape index (κ1) is 10.5. The molecule has 0 aliphatic carbocycles. The van der Waals surface area contributed by atoms with Gasteiger partial charge in [0.1, 0.15) is 0 Å². The van der Waals surface area contributed by atoms with Crippen LogP contribution in [0.2, 0.25) is 0 Å². The number of likely N-dealkylation sites (tertiary alicyclic amines) is 1. The second kappa shape index (κ2) is 4.11. The third kappa shape index (κ3) is 3.00. The lowest BCUT2D eigenvalue weighted by molar-refractivity contribution is 0.0246. The summed E-state index contributed by atoms with van der Waals surface area (Å²) in [4.78, 5) is 2.45. The first-order valence-corrected chi connectivity index (χ1v) is 5.13. The Labute approximate surface area is 81.5 Å². The fourth-order valence-electron chi connectivity index (χ4n) is 1.68. The zero-order valence-corrected chi connectivity index (χ0v) is 9.01. The Morgan fingerprint density at radius 1 is 1.38 bits per heavy atom. The Hall–Kier alpha value is -0.550. The van der Waals surface area contributed by atoms with Crippen LogP contribution in [-0.4, -0.2) is 24.5 Å². The van der Waals surface area contributed by atoms with Gasteiger partial charge >= 0.3 is 0 Å². The van der Waals surface area contributed by atoms with Crippen molar-refractivity contribution in [1.29, 1.82) is 5.26 Å². The minimum atomic E-state index is 0.464. The van der Waals surface area contributed by atoms with Crippen LogP contribution >= 0.6 is 0 Å². The van der Waals surface area contributed by atoms with Crippen molar-refractivity contribution in [2.24, 2.45) is 11.3 Å². The minimum Gasteiger partial charge on any atom is -0.303 e. The molecule has 0 radical (unpaired) electrons. The summed E-state index contributed by atoms with van der Waals surface area (Å²) in [6, 6.07) is 2.19. The summed E-state index contributed by atoms with van der Waals surface area (Å²) >= 11 is 0. The maximum absolute atomic E-state index is 8.38. The van der Waals surface area contributed by atoms with E-state index in [1.807, 2.05) is 0 Å². The van der Waals surface area contributed by atoms with Crippen LogP contribution in [0.25, 0.3) is 0 Å². The molecule has 1 aliphatic heterocycles. The molecular formula is C11H20N2. The highest BCUT2D eigenvalue weighted by Gasteiger charge is 2.34. The molecule has 0 spiro atoms. The van der Waals surface area contributed by atoms with Gasteiger partial charge in [-0.3, -0.25) is 0 Å². The van der Waals surface area contributed by atoms with Gasteiger partial charge in [-0.05, 0) is 24.3 Å². The van der Waals surface area contributed by atoms with Gasteiger partial charge in [0.25, 0.3) is 0 Å². The lowest BCUT2D eigenvalue weighted by atomic mass is 9.76. The van der Waals surface area contributed by atoms with Crippen molar-refractivity contribution in [2.75, 3.05) is 19.6 Å². The van der Waals surface area contributed by atoms with Gasteiger partial charge in [-0.2, -0.15) is 5.26 Å². The zero-order valence-electron chi connectivity index (χ0n) is 9.01. The van der Waals surface area contributed by atoms with Crippen LogP contribution in [-0.2, 0) is 0 Å². The molecule has 2 nitrogen and oxygen atoms in total. The Morgan fingerprint density at radius 2 is 2.00 bits per heavy atom. The number of nitriles is 1. The Morgan fingerprint density at radius 3 is 2.46 bits per heavy atom. The van der Waals surface area contributed by atoms with E-state index in [9.17, 15) is 0 Å². The van der Waals surface area contributed by atoms with E-state index in [1.54, 1.807) is 0 Å². The standard InChI is InChI=1S/C11H20N2/c1-11(2,3)10-8-13(9-10)7-5-4-6-12/h10H,4-5,7-9H2,1-3H3. The number of hydrogen-bond donors (Lipinski definition) is 0. The van der Waals surface area contributed by atoms with Crippen molar-refractivity contribution in [3.63, 3.8) is 0 Å². The zero-order chi connectivity index (χ0) is 9.90. The van der Waals surface area contributed by atoms with Crippen molar-refractivity contribution in [3.05, 3.63) is 0 Å². The highest BCUT2D eigenvalue weighted by atomic mass is 15.2.